The van der Waals surface area contributed by atoms with Crippen LogP contribution in [0.5, 0.6) is 0 Å². The number of aryl methyl sites for hydroxylation is 1. The molecule has 2 aromatic rings. The van der Waals surface area contributed by atoms with Crippen LogP contribution in [0.1, 0.15) is 21.6 Å². The summed E-state index contributed by atoms with van der Waals surface area (Å²) in [5, 5.41) is 3.23. The molecule has 120 valence electrons. The van der Waals surface area contributed by atoms with Crippen molar-refractivity contribution < 1.29 is 9.53 Å². The number of nitrogens with one attached hydrogen (secondary N) is 1. The monoisotopic (exact) mass is 312 g/mol. The zero-order valence-electron chi connectivity index (χ0n) is 13.2. The molecule has 1 aromatic carbocycles. The molecule has 0 aliphatic carbocycles. The maximum Gasteiger partial charge on any atom is 0.274 e. The van der Waals surface area contributed by atoms with E-state index in [2.05, 4.69) is 34.3 Å². The number of benzene rings is 1. The van der Waals surface area contributed by atoms with Gasteiger partial charge in [0.05, 0.1) is 25.6 Å². The lowest BCUT2D eigenvalue weighted by Crippen LogP contribution is -2.41. The Hall–Kier alpha value is -2.47. The minimum absolute atomic E-state index is 0.0914. The topological polar surface area (TPSA) is 67.4 Å². The summed E-state index contributed by atoms with van der Waals surface area (Å²) in [5.74, 6) is 0.568. The first-order valence-electron chi connectivity index (χ1n) is 7.71. The lowest BCUT2D eigenvalue weighted by Gasteiger charge is -2.26. The van der Waals surface area contributed by atoms with Gasteiger partial charge in [-0.05, 0) is 18.1 Å². The molecule has 0 saturated carbocycles. The Kier molecular flexibility index (Phi) is 4.83. The number of ether oxygens (including phenoxy) is 1. The number of carbonyl (C=O) groups excluding carboxylic acids is 1. The number of hydrogen-bond donors (Lipinski definition) is 1. The Morgan fingerprint density at radius 2 is 2.00 bits per heavy atom. The number of rotatable bonds is 4. The van der Waals surface area contributed by atoms with Crippen molar-refractivity contribution in [2.75, 3.05) is 31.6 Å². The molecule has 3 rings (SSSR count). The summed E-state index contributed by atoms with van der Waals surface area (Å²) >= 11 is 0. The molecule has 0 bridgehead atoms. The second-order valence-electron chi connectivity index (χ2n) is 5.47. The molecule has 1 saturated heterocycles. The molecule has 1 aliphatic rings. The van der Waals surface area contributed by atoms with E-state index in [1.807, 2.05) is 12.1 Å². The molecular weight excluding hydrogens is 292 g/mol. The van der Waals surface area contributed by atoms with E-state index in [-0.39, 0.29) is 5.91 Å². The van der Waals surface area contributed by atoms with Crippen LogP contribution in [0.25, 0.3) is 0 Å². The van der Waals surface area contributed by atoms with Crippen molar-refractivity contribution in [1.29, 1.82) is 0 Å². The SMILES string of the molecule is Cc1ccccc1CNc1cnc(C(=O)N2CCOCC2)cn1. The fraction of sp³-hybridized carbons (Fsp3) is 0.353. The molecular formula is C17H20N4O2. The van der Waals surface area contributed by atoms with Crippen LogP contribution in [0.4, 0.5) is 5.82 Å². The lowest BCUT2D eigenvalue weighted by molar-refractivity contribution is 0.0298. The third-order valence-corrected chi connectivity index (χ3v) is 3.89. The maximum atomic E-state index is 12.3. The van der Waals surface area contributed by atoms with Gasteiger partial charge >= 0.3 is 0 Å². The van der Waals surface area contributed by atoms with Gasteiger partial charge in [0.1, 0.15) is 11.5 Å². The number of morpholine rings is 1. The van der Waals surface area contributed by atoms with Crippen molar-refractivity contribution in [1.82, 2.24) is 14.9 Å². The number of nitrogens with zero attached hydrogens (tertiary/aromatic N) is 3. The van der Waals surface area contributed by atoms with E-state index in [1.54, 1.807) is 11.1 Å². The molecule has 0 unspecified atom stereocenters. The van der Waals surface area contributed by atoms with E-state index in [0.29, 0.717) is 44.4 Å². The second-order valence-corrected chi connectivity index (χ2v) is 5.47. The summed E-state index contributed by atoms with van der Waals surface area (Å²) in [4.78, 5) is 22.5. The van der Waals surface area contributed by atoms with Gasteiger partial charge in [0, 0.05) is 19.6 Å². The first-order chi connectivity index (χ1) is 11.2. The third kappa shape index (κ3) is 3.84. The standard InChI is InChI=1S/C17H20N4O2/c1-13-4-2-3-5-14(13)10-19-16-12-18-15(11-20-16)17(22)21-6-8-23-9-7-21/h2-5,11-12H,6-10H2,1H3,(H,19,20). The smallest absolute Gasteiger partial charge is 0.274 e. The molecule has 2 heterocycles. The molecule has 6 heteroatoms. The zero-order chi connectivity index (χ0) is 16.1. The zero-order valence-corrected chi connectivity index (χ0v) is 13.2. The van der Waals surface area contributed by atoms with Crippen LogP contribution in [0, 0.1) is 6.92 Å². The van der Waals surface area contributed by atoms with Gasteiger partial charge in [0.2, 0.25) is 0 Å². The number of hydrogen-bond acceptors (Lipinski definition) is 5. The largest absolute Gasteiger partial charge is 0.378 e. The quantitative estimate of drug-likeness (QED) is 0.933. The Balaban J connectivity index is 1.60. The summed E-state index contributed by atoms with van der Waals surface area (Å²) in [5.41, 5.74) is 2.81. The highest BCUT2D eigenvalue weighted by molar-refractivity contribution is 5.92. The van der Waals surface area contributed by atoms with E-state index >= 15 is 0 Å². The van der Waals surface area contributed by atoms with Gasteiger partial charge in [-0.3, -0.25) is 4.79 Å². The molecule has 0 spiro atoms. The number of amides is 1. The van der Waals surface area contributed by atoms with E-state index in [9.17, 15) is 4.79 Å². The summed E-state index contributed by atoms with van der Waals surface area (Å²) in [6.45, 7) is 5.12. The highest BCUT2D eigenvalue weighted by Gasteiger charge is 2.19. The first kappa shape index (κ1) is 15.4. The van der Waals surface area contributed by atoms with Crippen LogP contribution >= 0.6 is 0 Å². The molecule has 1 fully saturated rings. The molecule has 1 amide bonds. The summed E-state index contributed by atoms with van der Waals surface area (Å²) < 4.78 is 5.25. The molecule has 23 heavy (non-hydrogen) atoms. The van der Waals surface area contributed by atoms with Crippen LogP contribution in [-0.2, 0) is 11.3 Å². The van der Waals surface area contributed by atoms with Gasteiger partial charge in [0.25, 0.3) is 5.91 Å². The minimum atomic E-state index is -0.0914. The summed E-state index contributed by atoms with van der Waals surface area (Å²) in [6.07, 6.45) is 3.13. The molecule has 1 N–H and O–H groups in total. The Morgan fingerprint density at radius 3 is 2.70 bits per heavy atom. The number of carbonyl (C=O) groups is 1. The van der Waals surface area contributed by atoms with Crippen molar-refractivity contribution in [3.63, 3.8) is 0 Å². The van der Waals surface area contributed by atoms with Gasteiger partial charge < -0.3 is 15.0 Å². The average molecular weight is 312 g/mol. The first-order valence-corrected chi connectivity index (χ1v) is 7.71. The maximum absolute atomic E-state index is 12.3. The van der Waals surface area contributed by atoms with Crippen LogP contribution in [0.2, 0.25) is 0 Å². The average Bonchev–Trinajstić information content (AvgIpc) is 2.62. The number of aromatic nitrogens is 2. The van der Waals surface area contributed by atoms with Crippen LogP contribution < -0.4 is 5.32 Å². The summed E-state index contributed by atoms with van der Waals surface area (Å²) in [6, 6.07) is 8.18. The third-order valence-electron chi connectivity index (χ3n) is 3.89. The highest BCUT2D eigenvalue weighted by atomic mass is 16.5. The van der Waals surface area contributed by atoms with Gasteiger partial charge in [-0.1, -0.05) is 24.3 Å². The second kappa shape index (κ2) is 7.19. The normalized spacial score (nSPS) is 14.6. The molecule has 0 radical (unpaired) electrons. The number of anilines is 1. The van der Waals surface area contributed by atoms with Crippen LogP contribution in [-0.4, -0.2) is 47.1 Å². The molecule has 6 nitrogen and oxygen atoms in total. The van der Waals surface area contributed by atoms with Gasteiger partial charge in [-0.15, -0.1) is 0 Å². The molecule has 0 atom stereocenters. The fourth-order valence-corrected chi connectivity index (χ4v) is 2.45. The fourth-order valence-electron chi connectivity index (χ4n) is 2.45. The van der Waals surface area contributed by atoms with Crippen molar-refractivity contribution in [2.45, 2.75) is 13.5 Å². The van der Waals surface area contributed by atoms with Gasteiger partial charge in [-0.2, -0.15) is 0 Å². The Morgan fingerprint density at radius 1 is 1.22 bits per heavy atom. The van der Waals surface area contributed by atoms with Crippen molar-refractivity contribution >= 4 is 11.7 Å². The summed E-state index contributed by atoms with van der Waals surface area (Å²) in [7, 11) is 0. The van der Waals surface area contributed by atoms with Gasteiger partial charge in [0.15, 0.2) is 0 Å². The van der Waals surface area contributed by atoms with Gasteiger partial charge in [-0.25, -0.2) is 9.97 Å². The molecule has 1 aliphatic heterocycles. The van der Waals surface area contributed by atoms with E-state index < -0.39 is 0 Å². The Labute approximate surface area is 135 Å². The van der Waals surface area contributed by atoms with Crippen molar-refractivity contribution in [2.24, 2.45) is 0 Å². The Bertz CT molecular complexity index is 667. The highest BCUT2D eigenvalue weighted by Crippen LogP contribution is 2.11. The van der Waals surface area contributed by atoms with Crippen LogP contribution in [0.3, 0.4) is 0 Å². The van der Waals surface area contributed by atoms with E-state index in [4.69, 9.17) is 4.74 Å². The predicted octanol–water partition coefficient (Wildman–Crippen LogP) is 1.87. The lowest BCUT2D eigenvalue weighted by atomic mass is 10.1. The minimum Gasteiger partial charge on any atom is -0.378 e. The van der Waals surface area contributed by atoms with Crippen LogP contribution in [0.15, 0.2) is 36.7 Å². The van der Waals surface area contributed by atoms with Crippen molar-refractivity contribution in [3.8, 4) is 0 Å². The molecule has 1 aromatic heterocycles. The van der Waals surface area contributed by atoms with Crippen molar-refractivity contribution in [3.05, 3.63) is 53.5 Å². The van der Waals surface area contributed by atoms with E-state index in [1.165, 1.54) is 17.3 Å². The van der Waals surface area contributed by atoms with E-state index in [0.717, 1.165) is 0 Å². The predicted molar refractivity (Wildman–Crippen MR) is 87.3 cm³/mol.